The standard InChI is InChI=1S/C22H24ClN3O18P4/c23-13-6-8-15(9-7-13)45(31,32)42-47(35,36)44-48(37,38)43-46(33,34)39-12-16-18(28)19(41-22(30)24-14-4-2-1-3-5-14)20(40-16)26-11-10-17(27)25-21(26)29/h1-11,16,18-20,28H,12H2,(H,24,30)(H,31,32)(H,33,34)(H,35,36)(H,37,38)(H,25,27,29)/p-4/t16-,18+,19?,20-/m1/s1. The minimum absolute atomic E-state index is 0.0527. The summed E-state index contributed by atoms with van der Waals surface area (Å²) in [4.78, 5) is 86.9. The number of halogens is 1. The van der Waals surface area contributed by atoms with Gasteiger partial charge >= 0.3 is 11.8 Å². The van der Waals surface area contributed by atoms with Crippen molar-refractivity contribution in [2.24, 2.45) is 0 Å². The fourth-order valence-corrected chi connectivity index (χ4v) is 9.22. The molecule has 262 valence electrons. The van der Waals surface area contributed by atoms with Gasteiger partial charge in [-0.3, -0.25) is 37.7 Å². The first-order chi connectivity index (χ1) is 22.3. The Morgan fingerprint density at radius 3 is 2.15 bits per heavy atom. The number of nitrogens with one attached hydrogen (secondary N) is 2. The SMILES string of the molecule is O=C(Nc1ccccc1)OC1[C@@H](O)[C@@H](COP(=O)([O-])OP(=O)([O-])OP(=O)([O-])OP(=O)([O-])c2ccc(Cl)cc2)O[C@H]1n1ccc(=O)[nH]c1=O. The number of aromatic nitrogens is 2. The van der Waals surface area contributed by atoms with E-state index in [0.29, 0.717) is 4.57 Å². The Morgan fingerprint density at radius 2 is 1.52 bits per heavy atom. The maximum absolute atomic E-state index is 12.5. The van der Waals surface area contributed by atoms with Crippen LogP contribution in [-0.2, 0) is 45.2 Å². The second-order valence-corrected chi connectivity index (χ2v) is 16.1. The van der Waals surface area contributed by atoms with E-state index in [-0.39, 0.29) is 10.7 Å². The number of phosphoric ester groups is 1. The molecule has 48 heavy (non-hydrogen) atoms. The van der Waals surface area contributed by atoms with Gasteiger partial charge in [0, 0.05) is 28.3 Å². The van der Waals surface area contributed by atoms with Gasteiger partial charge in [0.1, 0.15) is 12.2 Å². The molecular formula is C22H20ClN3O18P4-4. The number of hydrogen-bond donors (Lipinski definition) is 3. The minimum atomic E-state index is -6.53. The number of aliphatic hydroxyl groups is 1. The third kappa shape index (κ3) is 10.4. The number of phosphoric acid groups is 3. The molecule has 0 saturated carbocycles. The van der Waals surface area contributed by atoms with E-state index in [1.807, 2.05) is 4.98 Å². The second kappa shape index (κ2) is 15.0. The van der Waals surface area contributed by atoms with E-state index in [2.05, 4.69) is 22.8 Å². The second-order valence-electron chi connectivity index (χ2n) is 9.29. The quantitative estimate of drug-likeness (QED) is 0.183. The molecule has 8 atom stereocenters. The molecule has 2 heterocycles. The number of anilines is 1. The van der Waals surface area contributed by atoms with Crippen molar-refractivity contribution in [3.8, 4) is 0 Å². The maximum Gasteiger partial charge on any atom is 0.412 e. The van der Waals surface area contributed by atoms with Crippen LogP contribution in [-0.4, -0.2) is 45.7 Å². The van der Waals surface area contributed by atoms with Gasteiger partial charge in [0.25, 0.3) is 29.0 Å². The van der Waals surface area contributed by atoms with Crippen LogP contribution in [0.2, 0.25) is 5.02 Å². The molecule has 0 spiro atoms. The molecule has 0 aliphatic carbocycles. The third-order valence-corrected chi connectivity index (χ3v) is 12.4. The highest BCUT2D eigenvalue weighted by atomic mass is 35.5. The van der Waals surface area contributed by atoms with E-state index < -0.39 is 84.9 Å². The Balaban J connectivity index is 1.44. The van der Waals surface area contributed by atoms with Crippen molar-refractivity contribution in [2.75, 3.05) is 11.9 Å². The van der Waals surface area contributed by atoms with Crippen molar-refractivity contribution < 1.29 is 74.7 Å². The molecule has 1 aliphatic rings. The maximum atomic E-state index is 12.5. The zero-order chi connectivity index (χ0) is 35.5. The van der Waals surface area contributed by atoms with Crippen molar-refractivity contribution in [1.82, 2.24) is 9.55 Å². The van der Waals surface area contributed by atoms with Crippen LogP contribution in [0.25, 0.3) is 0 Å². The number of H-pyrrole nitrogens is 1. The van der Waals surface area contributed by atoms with E-state index >= 15 is 0 Å². The Hall–Kier alpha value is -2.80. The van der Waals surface area contributed by atoms with Gasteiger partial charge in [-0.2, -0.15) is 0 Å². The Bertz CT molecular complexity index is 1940. The third-order valence-electron chi connectivity index (χ3n) is 5.85. The Labute approximate surface area is 272 Å². The molecular weight excluding hydrogens is 754 g/mol. The number of ether oxygens (including phenoxy) is 2. The molecule has 1 amide bonds. The number of rotatable bonds is 13. The summed E-state index contributed by atoms with van der Waals surface area (Å²) in [6.45, 7) is -1.31. The number of carbonyl (C=O) groups is 1. The van der Waals surface area contributed by atoms with Gasteiger partial charge < -0.3 is 43.2 Å². The number of hydrogen-bond acceptors (Lipinski definition) is 18. The summed E-state index contributed by atoms with van der Waals surface area (Å²) in [5.74, 6) is 0. The molecule has 5 unspecified atom stereocenters. The lowest BCUT2D eigenvalue weighted by Crippen LogP contribution is -2.41. The van der Waals surface area contributed by atoms with Gasteiger partial charge in [-0.1, -0.05) is 29.8 Å². The zero-order valence-electron chi connectivity index (χ0n) is 23.4. The highest BCUT2D eigenvalue weighted by Gasteiger charge is 2.48. The van der Waals surface area contributed by atoms with Crippen molar-refractivity contribution in [1.29, 1.82) is 0 Å². The van der Waals surface area contributed by atoms with Crippen LogP contribution in [0, 0.1) is 0 Å². The van der Waals surface area contributed by atoms with Gasteiger partial charge in [0.05, 0.1) is 6.61 Å². The molecule has 3 N–H and O–H groups in total. The van der Waals surface area contributed by atoms with Gasteiger partial charge in [0.2, 0.25) is 0 Å². The summed E-state index contributed by atoms with van der Waals surface area (Å²) in [6.07, 6.45) is -7.63. The molecule has 1 aliphatic heterocycles. The molecule has 1 fully saturated rings. The van der Waals surface area contributed by atoms with Crippen LogP contribution >= 0.6 is 42.7 Å². The molecule has 3 aromatic rings. The Morgan fingerprint density at radius 1 is 0.917 bits per heavy atom. The predicted molar refractivity (Wildman–Crippen MR) is 152 cm³/mol. The largest absolute Gasteiger partial charge is 0.775 e. The number of aromatic amines is 1. The summed E-state index contributed by atoms with van der Waals surface area (Å²) < 4.78 is 75.2. The van der Waals surface area contributed by atoms with Crippen LogP contribution in [0.1, 0.15) is 6.23 Å². The normalized spacial score (nSPS) is 24.4. The minimum Gasteiger partial charge on any atom is -0.775 e. The summed E-state index contributed by atoms with van der Waals surface area (Å²) in [6, 6.07) is 12.3. The summed E-state index contributed by atoms with van der Waals surface area (Å²) >= 11 is 5.61. The van der Waals surface area contributed by atoms with Crippen LogP contribution in [0.15, 0.2) is 76.4 Å². The van der Waals surface area contributed by atoms with E-state index in [4.69, 9.17) is 21.1 Å². The predicted octanol–water partition coefficient (Wildman–Crippen LogP) is -0.584. The number of nitrogens with zero attached hydrogens (tertiary/aromatic N) is 1. The van der Waals surface area contributed by atoms with Crippen LogP contribution in [0.3, 0.4) is 0 Å². The van der Waals surface area contributed by atoms with Crippen LogP contribution < -0.4 is 41.4 Å². The molecule has 4 rings (SSSR count). The van der Waals surface area contributed by atoms with Crippen molar-refractivity contribution in [3.05, 3.63) is 92.7 Å². The first-order valence-corrected chi connectivity index (χ1v) is 19.0. The van der Waals surface area contributed by atoms with E-state index in [0.717, 1.165) is 36.5 Å². The van der Waals surface area contributed by atoms with Gasteiger partial charge in [-0.25, -0.2) is 18.2 Å². The fourth-order valence-electron chi connectivity index (χ4n) is 3.89. The highest BCUT2D eigenvalue weighted by molar-refractivity contribution is 7.71. The molecule has 0 radical (unpaired) electrons. The average molecular weight is 774 g/mol. The van der Waals surface area contributed by atoms with Crippen molar-refractivity contribution in [3.63, 3.8) is 0 Å². The smallest absolute Gasteiger partial charge is 0.412 e. The summed E-state index contributed by atoms with van der Waals surface area (Å²) in [5.41, 5.74) is -1.69. The molecule has 1 aromatic heterocycles. The lowest BCUT2D eigenvalue weighted by molar-refractivity contribution is -0.251. The first-order valence-electron chi connectivity index (χ1n) is 12.7. The van der Waals surface area contributed by atoms with Crippen molar-refractivity contribution in [2.45, 2.75) is 24.5 Å². The van der Waals surface area contributed by atoms with E-state index in [9.17, 15) is 57.3 Å². The lowest BCUT2D eigenvalue weighted by atomic mass is 10.1. The number of para-hydroxylation sites is 1. The zero-order valence-corrected chi connectivity index (χ0v) is 27.7. The topological polar surface area (TPSA) is 320 Å². The Kier molecular flexibility index (Phi) is 11.9. The first kappa shape index (κ1) is 38.0. The molecule has 1 saturated heterocycles. The highest BCUT2D eigenvalue weighted by Crippen LogP contribution is 2.66. The summed E-state index contributed by atoms with van der Waals surface area (Å²) in [7, 11) is -24.6. The lowest BCUT2D eigenvalue weighted by Gasteiger charge is -2.36. The number of aliphatic hydroxyl groups excluding tert-OH is 1. The number of benzene rings is 2. The molecule has 21 nitrogen and oxygen atoms in total. The van der Waals surface area contributed by atoms with Gasteiger partial charge in [0.15, 0.2) is 19.9 Å². The summed E-state index contributed by atoms with van der Waals surface area (Å²) in [5, 5.41) is 12.4. The molecule has 2 aromatic carbocycles. The van der Waals surface area contributed by atoms with Gasteiger partial charge in [-0.15, -0.1) is 0 Å². The molecule has 0 bridgehead atoms. The average Bonchev–Trinajstić information content (AvgIpc) is 3.25. The van der Waals surface area contributed by atoms with Crippen LogP contribution in [0.5, 0.6) is 0 Å². The number of amides is 1. The molecule has 26 heteroatoms. The van der Waals surface area contributed by atoms with Crippen molar-refractivity contribution >= 4 is 59.7 Å². The van der Waals surface area contributed by atoms with Crippen LogP contribution in [0.4, 0.5) is 10.5 Å². The monoisotopic (exact) mass is 773 g/mol. The van der Waals surface area contributed by atoms with E-state index in [1.165, 1.54) is 12.1 Å². The van der Waals surface area contributed by atoms with E-state index in [1.54, 1.807) is 18.2 Å². The fraction of sp³-hybridized carbons (Fsp3) is 0.227. The number of carbonyl (C=O) groups excluding carboxylic acids is 1. The van der Waals surface area contributed by atoms with Gasteiger partial charge in [-0.05, 0) is 36.4 Å².